The average molecular weight is 345 g/mol. The molecule has 0 spiro atoms. The molecule has 2 aromatic rings. The van der Waals surface area contributed by atoms with Crippen molar-refractivity contribution in [2.45, 2.75) is 52.1 Å². The number of ether oxygens (including phenoxy) is 2. The Labute approximate surface area is 146 Å². The predicted octanol–water partition coefficient (Wildman–Crippen LogP) is 2.64. The van der Waals surface area contributed by atoms with Crippen molar-refractivity contribution in [2.75, 3.05) is 17.2 Å². The van der Waals surface area contributed by atoms with Gasteiger partial charge in [0.2, 0.25) is 23.7 Å². The van der Waals surface area contributed by atoms with Crippen molar-refractivity contribution in [1.29, 1.82) is 0 Å². The molecule has 0 saturated heterocycles. The van der Waals surface area contributed by atoms with Gasteiger partial charge in [0.1, 0.15) is 0 Å². The molecule has 0 aromatic carbocycles. The highest BCUT2D eigenvalue weighted by atomic mass is 16.5. The zero-order valence-corrected chi connectivity index (χ0v) is 14.9. The van der Waals surface area contributed by atoms with Crippen molar-refractivity contribution >= 4 is 11.9 Å². The van der Waals surface area contributed by atoms with Gasteiger partial charge in [-0.15, -0.1) is 10.2 Å². The lowest BCUT2D eigenvalue weighted by Crippen LogP contribution is -2.27. The summed E-state index contributed by atoms with van der Waals surface area (Å²) >= 11 is 0. The van der Waals surface area contributed by atoms with Gasteiger partial charge in [-0.2, -0.15) is 15.0 Å². The quantitative estimate of drug-likeness (QED) is 0.783. The Kier molecular flexibility index (Phi) is 4.82. The SMILES string of the molecule is CCOc1ccc(Oc2nc(NC3CC3)nc(NC(C)(C)C)n2)nn1. The van der Waals surface area contributed by atoms with E-state index in [-0.39, 0.29) is 17.4 Å². The molecular weight excluding hydrogens is 322 g/mol. The minimum absolute atomic E-state index is 0.156. The first-order chi connectivity index (χ1) is 11.9. The average Bonchev–Trinajstić information content (AvgIpc) is 3.31. The standard InChI is InChI=1S/C16H23N7O2/c1-5-24-11-8-9-12(23-22-11)25-15-19-13(17-10-6-7-10)18-14(20-15)21-16(2,3)4/h8-10H,5-7H2,1-4H3,(H2,17,18,19,20,21). The molecule has 1 fully saturated rings. The normalized spacial score (nSPS) is 14.1. The van der Waals surface area contributed by atoms with Gasteiger partial charge in [0.25, 0.3) is 0 Å². The number of anilines is 2. The molecule has 9 nitrogen and oxygen atoms in total. The molecule has 3 rings (SSSR count). The van der Waals surface area contributed by atoms with Gasteiger partial charge in [-0.05, 0) is 40.5 Å². The third kappa shape index (κ3) is 5.40. The molecule has 9 heteroatoms. The summed E-state index contributed by atoms with van der Waals surface area (Å²) in [5, 5.41) is 14.4. The number of hydrogen-bond acceptors (Lipinski definition) is 9. The molecule has 1 saturated carbocycles. The van der Waals surface area contributed by atoms with Crippen molar-refractivity contribution in [1.82, 2.24) is 25.1 Å². The molecule has 2 aromatic heterocycles. The van der Waals surface area contributed by atoms with Gasteiger partial charge in [0.05, 0.1) is 6.61 Å². The fraction of sp³-hybridized carbons (Fsp3) is 0.562. The second-order valence-corrected chi connectivity index (χ2v) is 6.80. The third-order valence-corrected chi connectivity index (χ3v) is 3.12. The van der Waals surface area contributed by atoms with E-state index in [0.29, 0.717) is 30.4 Å². The first-order valence-corrected chi connectivity index (χ1v) is 8.36. The van der Waals surface area contributed by atoms with Crippen LogP contribution in [-0.4, -0.2) is 43.3 Å². The van der Waals surface area contributed by atoms with E-state index < -0.39 is 0 Å². The van der Waals surface area contributed by atoms with Gasteiger partial charge in [-0.25, -0.2) is 0 Å². The molecule has 1 aliphatic carbocycles. The summed E-state index contributed by atoms with van der Waals surface area (Å²) in [5.74, 6) is 1.66. The highest BCUT2D eigenvalue weighted by Crippen LogP contribution is 2.25. The third-order valence-electron chi connectivity index (χ3n) is 3.12. The van der Waals surface area contributed by atoms with E-state index in [1.165, 1.54) is 0 Å². The van der Waals surface area contributed by atoms with Gasteiger partial charge in [-0.1, -0.05) is 0 Å². The first kappa shape index (κ1) is 17.1. The predicted molar refractivity (Wildman–Crippen MR) is 93.1 cm³/mol. The van der Waals surface area contributed by atoms with Crippen LogP contribution in [0, 0.1) is 0 Å². The second-order valence-electron chi connectivity index (χ2n) is 6.80. The summed E-state index contributed by atoms with van der Waals surface area (Å²) in [4.78, 5) is 13.0. The van der Waals surface area contributed by atoms with Crippen LogP contribution in [0.5, 0.6) is 17.8 Å². The lowest BCUT2D eigenvalue weighted by atomic mass is 10.1. The first-order valence-electron chi connectivity index (χ1n) is 8.36. The Hall–Kier alpha value is -2.71. The minimum Gasteiger partial charge on any atom is -0.477 e. The molecule has 0 aliphatic heterocycles. The van der Waals surface area contributed by atoms with E-state index in [9.17, 15) is 0 Å². The molecule has 0 unspecified atom stereocenters. The maximum atomic E-state index is 5.64. The van der Waals surface area contributed by atoms with Crippen LogP contribution >= 0.6 is 0 Å². The van der Waals surface area contributed by atoms with Crippen molar-refractivity contribution in [3.8, 4) is 17.8 Å². The fourth-order valence-electron chi connectivity index (χ4n) is 1.95. The number of nitrogens with one attached hydrogen (secondary N) is 2. The zero-order valence-electron chi connectivity index (χ0n) is 14.9. The van der Waals surface area contributed by atoms with Gasteiger partial charge >= 0.3 is 6.01 Å². The number of nitrogens with zero attached hydrogens (tertiary/aromatic N) is 5. The molecule has 0 radical (unpaired) electrons. The Bertz CT molecular complexity index is 711. The van der Waals surface area contributed by atoms with Crippen molar-refractivity contribution in [3.63, 3.8) is 0 Å². The van der Waals surface area contributed by atoms with Gasteiger partial charge in [0.15, 0.2) is 0 Å². The van der Waals surface area contributed by atoms with Crippen LogP contribution in [0.3, 0.4) is 0 Å². The van der Waals surface area contributed by atoms with Crippen LogP contribution < -0.4 is 20.1 Å². The number of hydrogen-bond donors (Lipinski definition) is 2. The van der Waals surface area contributed by atoms with Gasteiger partial charge in [0, 0.05) is 23.7 Å². The van der Waals surface area contributed by atoms with E-state index >= 15 is 0 Å². The highest BCUT2D eigenvalue weighted by molar-refractivity contribution is 5.39. The van der Waals surface area contributed by atoms with Gasteiger partial charge in [-0.3, -0.25) is 0 Å². The summed E-state index contributed by atoms with van der Waals surface area (Å²) < 4.78 is 10.9. The van der Waals surface area contributed by atoms with E-state index in [4.69, 9.17) is 9.47 Å². The molecule has 2 N–H and O–H groups in total. The van der Waals surface area contributed by atoms with E-state index in [0.717, 1.165) is 12.8 Å². The Morgan fingerprint density at radius 3 is 2.32 bits per heavy atom. The van der Waals surface area contributed by atoms with Crippen LogP contribution in [-0.2, 0) is 0 Å². The lowest BCUT2D eigenvalue weighted by molar-refractivity contribution is 0.318. The molecular formula is C16H23N7O2. The van der Waals surface area contributed by atoms with E-state index in [1.807, 2.05) is 27.7 Å². The second kappa shape index (κ2) is 7.04. The molecule has 1 aliphatic rings. The largest absolute Gasteiger partial charge is 0.477 e. The van der Waals surface area contributed by atoms with Crippen LogP contribution in [0.4, 0.5) is 11.9 Å². The lowest BCUT2D eigenvalue weighted by Gasteiger charge is -2.20. The summed E-state index contributed by atoms with van der Waals surface area (Å²) in [6.07, 6.45) is 2.24. The van der Waals surface area contributed by atoms with Crippen LogP contribution in [0.2, 0.25) is 0 Å². The molecule has 0 bridgehead atoms. The number of rotatable bonds is 7. The molecule has 134 valence electrons. The molecule has 0 amide bonds. The van der Waals surface area contributed by atoms with E-state index in [2.05, 4.69) is 35.8 Å². The fourth-order valence-corrected chi connectivity index (χ4v) is 1.95. The Morgan fingerprint density at radius 1 is 1.04 bits per heavy atom. The van der Waals surface area contributed by atoms with Gasteiger partial charge < -0.3 is 20.1 Å². The smallest absolute Gasteiger partial charge is 0.330 e. The minimum atomic E-state index is -0.186. The Morgan fingerprint density at radius 2 is 1.72 bits per heavy atom. The van der Waals surface area contributed by atoms with Crippen LogP contribution in [0.25, 0.3) is 0 Å². The summed E-state index contributed by atoms with van der Waals surface area (Å²) in [6.45, 7) is 8.51. The zero-order chi connectivity index (χ0) is 17.9. The molecule has 0 atom stereocenters. The van der Waals surface area contributed by atoms with Crippen LogP contribution in [0.1, 0.15) is 40.5 Å². The Balaban J connectivity index is 1.79. The van der Waals surface area contributed by atoms with Crippen molar-refractivity contribution in [2.24, 2.45) is 0 Å². The summed E-state index contributed by atoms with van der Waals surface area (Å²) in [6, 6.07) is 3.92. The topological polar surface area (TPSA) is 107 Å². The van der Waals surface area contributed by atoms with Crippen molar-refractivity contribution < 1.29 is 9.47 Å². The summed E-state index contributed by atoms with van der Waals surface area (Å²) in [5.41, 5.74) is -0.186. The molecule has 25 heavy (non-hydrogen) atoms. The maximum Gasteiger partial charge on any atom is 0.330 e. The van der Waals surface area contributed by atoms with Crippen molar-refractivity contribution in [3.05, 3.63) is 12.1 Å². The van der Waals surface area contributed by atoms with Crippen LogP contribution in [0.15, 0.2) is 12.1 Å². The van der Waals surface area contributed by atoms with E-state index in [1.54, 1.807) is 12.1 Å². The number of aromatic nitrogens is 5. The molecule has 2 heterocycles. The highest BCUT2D eigenvalue weighted by Gasteiger charge is 2.23. The maximum absolute atomic E-state index is 5.64. The summed E-state index contributed by atoms with van der Waals surface area (Å²) in [7, 11) is 0. The monoisotopic (exact) mass is 345 g/mol.